The van der Waals surface area contributed by atoms with Crippen molar-refractivity contribution in [1.82, 2.24) is 29.6 Å². The Bertz CT molecular complexity index is 2130. The summed E-state index contributed by atoms with van der Waals surface area (Å²) in [6, 6.07) is 9.55. The van der Waals surface area contributed by atoms with Gasteiger partial charge in [0.25, 0.3) is 5.91 Å². The quantitative estimate of drug-likeness (QED) is 0.297. The lowest BCUT2D eigenvalue weighted by molar-refractivity contribution is -0.0957. The minimum absolute atomic E-state index is 0.0304. The molecule has 3 aliphatic heterocycles. The van der Waals surface area contributed by atoms with Gasteiger partial charge < -0.3 is 23.6 Å². The molecule has 0 unspecified atom stereocenters. The highest BCUT2D eigenvalue weighted by Gasteiger charge is 2.50. The van der Waals surface area contributed by atoms with Gasteiger partial charge in [-0.3, -0.25) is 14.6 Å². The Hall–Kier alpha value is -3.60. The topological polar surface area (TPSA) is 152 Å². The second kappa shape index (κ2) is 17.4. The molecule has 1 saturated carbocycles. The number of carbonyl (C=O) groups excluding carboxylic acids is 1. The first-order valence-electron chi connectivity index (χ1n) is 21.1. The molecular formula is C43H58ClN7O7S. The number of piperazine rings is 1. The SMILES string of the molecule is COCC[C@@H]1[C@@H](C)C/C=C/[C@](CN2CCN(Cc3noc(C)n3)CC2)(OC)[C@@H]2CC[C@H]2CN2C[C@@]3(CCCc4cc(Cl)ccc43)COc3ccc(nc32)C(=O)NS1(=O)=O. The van der Waals surface area contributed by atoms with Crippen LogP contribution in [0.3, 0.4) is 0 Å². The van der Waals surface area contributed by atoms with Gasteiger partial charge >= 0.3 is 0 Å². The van der Waals surface area contributed by atoms with E-state index in [1.807, 2.05) is 27.0 Å². The maximum absolute atomic E-state index is 14.1. The first kappa shape index (κ1) is 42.1. The number of carbonyl (C=O) groups is 1. The van der Waals surface area contributed by atoms with Crippen molar-refractivity contribution in [2.45, 2.75) is 81.6 Å². The van der Waals surface area contributed by atoms with Gasteiger partial charge in [0.1, 0.15) is 11.3 Å². The van der Waals surface area contributed by atoms with Gasteiger partial charge in [-0.25, -0.2) is 18.1 Å². The summed E-state index contributed by atoms with van der Waals surface area (Å²) in [4.78, 5) is 30.4. The third-order valence-corrected chi connectivity index (χ3v) is 15.8. The van der Waals surface area contributed by atoms with E-state index in [1.54, 1.807) is 19.2 Å². The number of fused-ring (bicyclic) bond motifs is 4. The minimum atomic E-state index is -4.13. The van der Waals surface area contributed by atoms with Gasteiger partial charge in [0, 0.05) is 84.0 Å². The van der Waals surface area contributed by atoms with Crippen molar-refractivity contribution in [3.8, 4) is 5.75 Å². The van der Waals surface area contributed by atoms with Crippen LogP contribution in [0, 0.1) is 24.7 Å². The maximum Gasteiger partial charge on any atom is 0.283 e. The monoisotopic (exact) mass is 851 g/mol. The molecule has 1 amide bonds. The second-order valence-electron chi connectivity index (χ2n) is 17.4. The van der Waals surface area contributed by atoms with Crippen LogP contribution in [0.1, 0.15) is 78.8 Å². The number of hydrogen-bond acceptors (Lipinski definition) is 13. The average molecular weight is 852 g/mol. The smallest absolute Gasteiger partial charge is 0.283 e. The van der Waals surface area contributed by atoms with Crippen LogP contribution in [0.15, 0.2) is 47.0 Å². The summed E-state index contributed by atoms with van der Waals surface area (Å²) in [5, 5.41) is 3.95. The van der Waals surface area contributed by atoms with E-state index >= 15 is 0 Å². The van der Waals surface area contributed by atoms with E-state index in [0.717, 1.165) is 63.3 Å². The number of amides is 1. The van der Waals surface area contributed by atoms with E-state index < -0.39 is 26.8 Å². The van der Waals surface area contributed by atoms with Crippen LogP contribution in [0.2, 0.25) is 5.02 Å². The molecule has 2 aliphatic carbocycles. The van der Waals surface area contributed by atoms with Crippen molar-refractivity contribution < 1.29 is 31.9 Å². The molecule has 320 valence electrons. The number of anilines is 1. The summed E-state index contributed by atoms with van der Waals surface area (Å²) in [7, 11) is -0.759. The molecule has 5 aliphatic rings. The Morgan fingerprint density at radius 1 is 1.07 bits per heavy atom. The number of nitrogens with zero attached hydrogens (tertiary/aromatic N) is 6. The lowest BCUT2D eigenvalue weighted by atomic mass is 9.63. The lowest BCUT2D eigenvalue weighted by Crippen LogP contribution is -2.59. The van der Waals surface area contributed by atoms with Gasteiger partial charge in [0.15, 0.2) is 17.4 Å². The van der Waals surface area contributed by atoms with Crippen molar-refractivity contribution in [2.75, 3.05) is 78.1 Å². The summed E-state index contributed by atoms with van der Waals surface area (Å²) in [6.07, 6.45) is 9.92. The minimum Gasteiger partial charge on any atom is -0.489 e. The molecule has 1 N–H and O–H groups in total. The largest absolute Gasteiger partial charge is 0.489 e. The summed E-state index contributed by atoms with van der Waals surface area (Å²) >= 11 is 6.52. The van der Waals surface area contributed by atoms with E-state index in [1.165, 1.54) is 11.1 Å². The van der Waals surface area contributed by atoms with Gasteiger partial charge in [-0.05, 0) is 98.1 Å². The van der Waals surface area contributed by atoms with E-state index in [2.05, 4.69) is 53.8 Å². The van der Waals surface area contributed by atoms with Crippen LogP contribution in [-0.4, -0.2) is 123 Å². The number of aryl methyl sites for hydroxylation is 2. The van der Waals surface area contributed by atoms with Crippen molar-refractivity contribution in [1.29, 1.82) is 0 Å². The molecule has 0 radical (unpaired) electrons. The van der Waals surface area contributed by atoms with Crippen LogP contribution in [0.4, 0.5) is 5.82 Å². The fraction of sp³-hybridized carbons (Fsp3) is 0.628. The zero-order valence-corrected chi connectivity index (χ0v) is 36.3. The molecule has 3 aromatic rings. The molecule has 1 saturated heterocycles. The van der Waals surface area contributed by atoms with Crippen LogP contribution < -0.4 is 14.4 Å². The predicted molar refractivity (Wildman–Crippen MR) is 224 cm³/mol. The fourth-order valence-electron chi connectivity index (χ4n) is 10.3. The van der Waals surface area contributed by atoms with Crippen LogP contribution in [0.5, 0.6) is 5.75 Å². The maximum atomic E-state index is 14.1. The van der Waals surface area contributed by atoms with Gasteiger partial charge in [0.2, 0.25) is 15.9 Å². The molecule has 8 rings (SSSR count). The Labute approximate surface area is 353 Å². The van der Waals surface area contributed by atoms with E-state index in [9.17, 15) is 13.2 Å². The highest BCUT2D eigenvalue weighted by molar-refractivity contribution is 7.90. The number of ether oxygens (including phenoxy) is 3. The van der Waals surface area contributed by atoms with Gasteiger partial charge in [-0.2, -0.15) is 4.98 Å². The van der Waals surface area contributed by atoms with Crippen LogP contribution >= 0.6 is 11.6 Å². The number of halogens is 1. The lowest BCUT2D eigenvalue weighted by Gasteiger charge is -2.52. The zero-order chi connectivity index (χ0) is 41.4. The molecule has 2 fully saturated rings. The zero-order valence-electron chi connectivity index (χ0n) is 34.7. The molecule has 14 nitrogen and oxygen atoms in total. The van der Waals surface area contributed by atoms with E-state index in [4.69, 9.17) is 35.3 Å². The third kappa shape index (κ3) is 8.78. The highest BCUT2D eigenvalue weighted by atomic mass is 35.5. The Kier molecular flexibility index (Phi) is 12.4. The van der Waals surface area contributed by atoms with E-state index in [-0.39, 0.29) is 41.9 Å². The number of sulfonamides is 1. The molecule has 1 aromatic carbocycles. The number of allylic oxidation sites excluding steroid dienone is 1. The number of methoxy groups -OCH3 is 2. The molecule has 2 bridgehead atoms. The normalized spacial score (nSPS) is 30.7. The van der Waals surface area contributed by atoms with Crippen molar-refractivity contribution in [3.05, 3.63) is 76.0 Å². The summed E-state index contributed by atoms with van der Waals surface area (Å²) in [6.45, 7) is 10.5. The summed E-state index contributed by atoms with van der Waals surface area (Å²) in [5.74, 6) is 1.75. The summed E-state index contributed by atoms with van der Waals surface area (Å²) < 4.78 is 54.5. The first-order chi connectivity index (χ1) is 28.4. The Balaban J connectivity index is 1.15. The summed E-state index contributed by atoms with van der Waals surface area (Å²) in [5.41, 5.74) is 1.53. The van der Waals surface area contributed by atoms with Gasteiger partial charge in [0.05, 0.1) is 18.4 Å². The molecule has 2 aromatic heterocycles. The predicted octanol–water partition coefficient (Wildman–Crippen LogP) is 5.19. The fourth-order valence-corrected chi connectivity index (χ4v) is 12.2. The van der Waals surface area contributed by atoms with Crippen molar-refractivity contribution in [2.24, 2.45) is 17.8 Å². The van der Waals surface area contributed by atoms with Gasteiger partial charge in [-0.1, -0.05) is 41.9 Å². The Morgan fingerprint density at radius 2 is 1.88 bits per heavy atom. The molecule has 5 heterocycles. The molecule has 16 heteroatoms. The number of aromatic nitrogens is 3. The second-order valence-corrected chi connectivity index (χ2v) is 19.8. The van der Waals surface area contributed by atoms with Crippen LogP contribution in [0.25, 0.3) is 0 Å². The van der Waals surface area contributed by atoms with Crippen molar-refractivity contribution in [3.63, 3.8) is 0 Å². The molecule has 1 spiro atoms. The number of nitrogens with one attached hydrogen (secondary N) is 1. The highest BCUT2D eigenvalue weighted by Crippen LogP contribution is 2.49. The number of benzene rings is 1. The number of hydrogen-bond donors (Lipinski definition) is 1. The molecule has 6 atom stereocenters. The standard InChI is InChI=1S/C43H58ClN7O7S/c1-29-7-5-17-43(56-4,27-50-20-18-49(19-21-50)25-39-45-30(2)58-47-39)35-11-9-32(35)24-51-26-42(16-6-8-31-23-33(44)10-12-34(31)42)28-57-37-14-13-36(46-40(37)51)41(52)48-59(53,54)38(29)15-22-55-3/h5,10,12-14,17,23,29,32,35,38H,6-9,11,15-16,18-22,24-28H2,1-4H3,(H,48,52)/b17-5+/t29-,32-,35+,38+,42-,43+/m0/s1. The average Bonchev–Trinajstić information content (AvgIpc) is 3.55. The first-order valence-corrected chi connectivity index (χ1v) is 23.0. The van der Waals surface area contributed by atoms with Crippen LogP contribution in [-0.2, 0) is 37.9 Å². The third-order valence-electron chi connectivity index (χ3n) is 13.6. The number of pyridine rings is 1. The van der Waals surface area contributed by atoms with Crippen molar-refractivity contribution >= 4 is 33.3 Å². The molecular weight excluding hydrogens is 794 g/mol. The number of rotatable bonds is 8. The molecule has 59 heavy (non-hydrogen) atoms. The van der Waals surface area contributed by atoms with Gasteiger partial charge in [-0.15, -0.1) is 0 Å². The van der Waals surface area contributed by atoms with E-state index in [0.29, 0.717) is 62.5 Å². The Morgan fingerprint density at radius 3 is 2.61 bits per heavy atom.